The molecule has 0 saturated heterocycles. The minimum Gasteiger partial charge on any atom is -0.269 e. The van der Waals surface area contributed by atoms with E-state index in [4.69, 9.17) is 11.6 Å². The maximum absolute atomic E-state index is 12.1. The molecule has 0 unspecified atom stereocenters. The summed E-state index contributed by atoms with van der Waals surface area (Å²) >= 11 is 7.59. The standard InChI is InChI=1S/C18H17ClN2OS/c1-12(2)13-3-6-16(7-4-13)23-11-15-9-18(22)21-10-14(19)5-8-17(21)20-15/h3-10,12H,11H2,1-2H3. The van der Waals surface area contributed by atoms with Crippen molar-refractivity contribution in [1.29, 1.82) is 0 Å². The van der Waals surface area contributed by atoms with E-state index in [-0.39, 0.29) is 5.56 Å². The molecule has 3 aromatic rings. The fourth-order valence-electron chi connectivity index (χ4n) is 2.31. The van der Waals surface area contributed by atoms with Crippen LogP contribution in [0.2, 0.25) is 5.02 Å². The summed E-state index contributed by atoms with van der Waals surface area (Å²) < 4.78 is 1.47. The molecule has 0 saturated carbocycles. The normalized spacial score (nSPS) is 11.3. The lowest BCUT2D eigenvalue weighted by atomic mass is 10.0. The molecule has 3 rings (SSSR count). The van der Waals surface area contributed by atoms with Gasteiger partial charge in [-0.25, -0.2) is 4.98 Å². The monoisotopic (exact) mass is 344 g/mol. The van der Waals surface area contributed by atoms with E-state index in [1.165, 1.54) is 14.9 Å². The van der Waals surface area contributed by atoms with Gasteiger partial charge in [0.05, 0.1) is 10.7 Å². The van der Waals surface area contributed by atoms with Crippen LogP contribution in [0.15, 0.2) is 58.4 Å². The van der Waals surface area contributed by atoms with Crippen molar-refractivity contribution in [2.75, 3.05) is 0 Å². The SMILES string of the molecule is CC(C)c1ccc(SCc2cc(=O)n3cc(Cl)ccc3n2)cc1. The van der Waals surface area contributed by atoms with Crippen LogP contribution in [-0.4, -0.2) is 9.38 Å². The number of halogens is 1. The summed E-state index contributed by atoms with van der Waals surface area (Å²) in [5, 5.41) is 0.522. The molecule has 0 atom stereocenters. The third-order valence-electron chi connectivity index (χ3n) is 3.61. The highest BCUT2D eigenvalue weighted by molar-refractivity contribution is 7.98. The Morgan fingerprint density at radius 2 is 1.91 bits per heavy atom. The Morgan fingerprint density at radius 3 is 2.61 bits per heavy atom. The Kier molecular flexibility index (Phi) is 4.74. The van der Waals surface area contributed by atoms with Crippen LogP contribution in [0.1, 0.15) is 31.0 Å². The van der Waals surface area contributed by atoms with E-state index < -0.39 is 0 Å². The maximum atomic E-state index is 12.1. The molecule has 23 heavy (non-hydrogen) atoms. The molecule has 0 N–H and O–H groups in total. The predicted molar refractivity (Wildman–Crippen MR) is 96.6 cm³/mol. The van der Waals surface area contributed by atoms with E-state index in [9.17, 15) is 4.79 Å². The van der Waals surface area contributed by atoms with Crippen molar-refractivity contribution in [3.63, 3.8) is 0 Å². The Labute approximate surface area is 144 Å². The summed E-state index contributed by atoms with van der Waals surface area (Å²) in [6.07, 6.45) is 1.59. The van der Waals surface area contributed by atoms with Gasteiger partial charge in [-0.05, 0) is 35.7 Å². The van der Waals surface area contributed by atoms with Crippen LogP contribution in [0.25, 0.3) is 5.65 Å². The van der Waals surface area contributed by atoms with Crippen LogP contribution in [0.4, 0.5) is 0 Å². The van der Waals surface area contributed by atoms with Gasteiger partial charge in [0.25, 0.3) is 5.56 Å². The van der Waals surface area contributed by atoms with Crippen molar-refractivity contribution in [2.45, 2.75) is 30.4 Å². The van der Waals surface area contributed by atoms with Gasteiger partial charge in [-0.2, -0.15) is 0 Å². The van der Waals surface area contributed by atoms with Crippen LogP contribution in [0.5, 0.6) is 0 Å². The highest BCUT2D eigenvalue weighted by Crippen LogP contribution is 2.24. The molecule has 0 bridgehead atoms. The number of hydrogen-bond donors (Lipinski definition) is 0. The third kappa shape index (κ3) is 3.77. The lowest BCUT2D eigenvalue weighted by Crippen LogP contribution is -2.14. The van der Waals surface area contributed by atoms with E-state index in [1.807, 2.05) is 0 Å². The number of benzene rings is 1. The van der Waals surface area contributed by atoms with Crippen LogP contribution in [0, 0.1) is 0 Å². The molecule has 0 spiro atoms. The molecule has 0 aliphatic carbocycles. The number of hydrogen-bond acceptors (Lipinski definition) is 3. The molecule has 0 fully saturated rings. The first-order valence-corrected chi connectivity index (χ1v) is 8.80. The van der Waals surface area contributed by atoms with E-state index >= 15 is 0 Å². The van der Waals surface area contributed by atoms with Crippen LogP contribution < -0.4 is 5.56 Å². The Morgan fingerprint density at radius 1 is 1.17 bits per heavy atom. The highest BCUT2D eigenvalue weighted by atomic mass is 35.5. The zero-order valence-corrected chi connectivity index (χ0v) is 14.6. The van der Waals surface area contributed by atoms with Crippen molar-refractivity contribution in [3.05, 3.63) is 75.3 Å². The minimum absolute atomic E-state index is 0.108. The first-order valence-electron chi connectivity index (χ1n) is 7.43. The second kappa shape index (κ2) is 6.77. The number of pyridine rings is 1. The largest absolute Gasteiger partial charge is 0.269 e. The van der Waals surface area contributed by atoms with Crippen LogP contribution in [-0.2, 0) is 5.75 Å². The molecule has 1 aromatic carbocycles. The van der Waals surface area contributed by atoms with Crippen molar-refractivity contribution >= 4 is 29.0 Å². The molecule has 0 radical (unpaired) electrons. The molecule has 0 aliphatic heterocycles. The van der Waals surface area contributed by atoms with Gasteiger partial charge >= 0.3 is 0 Å². The summed E-state index contributed by atoms with van der Waals surface area (Å²) in [6, 6.07) is 13.6. The second-order valence-corrected chi connectivity index (χ2v) is 7.16. The summed E-state index contributed by atoms with van der Waals surface area (Å²) in [6.45, 7) is 4.36. The minimum atomic E-state index is -0.108. The van der Waals surface area contributed by atoms with E-state index in [0.29, 0.717) is 22.3 Å². The highest BCUT2D eigenvalue weighted by Gasteiger charge is 2.05. The number of thioether (sulfide) groups is 1. The molecule has 2 heterocycles. The molecule has 3 nitrogen and oxygen atoms in total. The molecule has 5 heteroatoms. The van der Waals surface area contributed by atoms with Gasteiger partial charge in [0.15, 0.2) is 0 Å². The zero-order chi connectivity index (χ0) is 16.4. The lowest BCUT2D eigenvalue weighted by Gasteiger charge is -2.07. The Hall–Kier alpha value is -1.78. The molecule has 0 amide bonds. The quantitative estimate of drug-likeness (QED) is 0.640. The van der Waals surface area contributed by atoms with E-state index in [0.717, 1.165) is 5.69 Å². The van der Waals surface area contributed by atoms with Gasteiger partial charge in [-0.3, -0.25) is 9.20 Å². The van der Waals surface area contributed by atoms with Gasteiger partial charge < -0.3 is 0 Å². The molecular formula is C18H17ClN2OS. The van der Waals surface area contributed by atoms with Crippen molar-refractivity contribution < 1.29 is 0 Å². The van der Waals surface area contributed by atoms with Crippen molar-refractivity contribution in [3.8, 4) is 0 Å². The zero-order valence-electron chi connectivity index (χ0n) is 13.0. The molecule has 0 aliphatic rings. The average molecular weight is 345 g/mol. The van der Waals surface area contributed by atoms with Gasteiger partial charge in [0.1, 0.15) is 5.65 Å². The Bertz CT molecular complexity index is 888. The topological polar surface area (TPSA) is 34.4 Å². The van der Waals surface area contributed by atoms with Crippen LogP contribution in [0.3, 0.4) is 0 Å². The molecule has 2 aromatic heterocycles. The second-order valence-electron chi connectivity index (χ2n) is 5.67. The van der Waals surface area contributed by atoms with Gasteiger partial charge in [0, 0.05) is 22.9 Å². The third-order valence-corrected chi connectivity index (χ3v) is 4.88. The van der Waals surface area contributed by atoms with Gasteiger partial charge in [0.2, 0.25) is 0 Å². The smallest absolute Gasteiger partial charge is 0.258 e. The Balaban J connectivity index is 1.79. The van der Waals surface area contributed by atoms with E-state index in [1.54, 1.807) is 36.2 Å². The summed E-state index contributed by atoms with van der Waals surface area (Å²) in [4.78, 5) is 17.8. The fourth-order valence-corrected chi connectivity index (χ4v) is 3.26. The van der Waals surface area contributed by atoms with E-state index in [2.05, 4.69) is 43.1 Å². The summed E-state index contributed by atoms with van der Waals surface area (Å²) in [5.74, 6) is 1.19. The maximum Gasteiger partial charge on any atom is 0.258 e. The first kappa shape index (κ1) is 16.1. The molecule has 118 valence electrons. The van der Waals surface area contributed by atoms with Gasteiger partial charge in [-0.1, -0.05) is 37.6 Å². The summed E-state index contributed by atoms with van der Waals surface area (Å²) in [7, 11) is 0. The number of rotatable bonds is 4. The van der Waals surface area contributed by atoms with Crippen molar-refractivity contribution in [2.24, 2.45) is 0 Å². The fraction of sp³-hybridized carbons (Fsp3) is 0.222. The predicted octanol–water partition coefficient (Wildman–Crippen LogP) is 4.76. The number of nitrogens with zero attached hydrogens (tertiary/aromatic N) is 2. The lowest BCUT2D eigenvalue weighted by molar-refractivity contribution is 0.865. The average Bonchev–Trinajstić information content (AvgIpc) is 2.54. The number of aromatic nitrogens is 2. The van der Waals surface area contributed by atoms with Crippen LogP contribution >= 0.6 is 23.4 Å². The number of fused-ring (bicyclic) bond motifs is 1. The summed E-state index contributed by atoms with van der Waals surface area (Å²) in [5.41, 5.74) is 2.61. The molecular weight excluding hydrogens is 328 g/mol. The van der Waals surface area contributed by atoms with Gasteiger partial charge in [-0.15, -0.1) is 11.8 Å². The van der Waals surface area contributed by atoms with Crippen molar-refractivity contribution in [1.82, 2.24) is 9.38 Å². The first-order chi connectivity index (χ1) is 11.0.